The number of hydrogen-bond donors (Lipinski definition) is 0. The second-order valence-corrected chi connectivity index (χ2v) is 1.93. The Balaban J connectivity index is 2.77. The number of allylic oxidation sites excluding steroid dienone is 3. The summed E-state index contributed by atoms with van der Waals surface area (Å²) in [4.78, 5) is 3.58. The molecule has 0 spiro atoms. The molecule has 3 heteroatoms. The molecular formula is C7H7F2N. The first-order chi connectivity index (χ1) is 4.80. The molecule has 1 rings (SSSR count). The van der Waals surface area contributed by atoms with Crippen molar-refractivity contribution in [1.82, 2.24) is 0 Å². The molecule has 0 aromatic heterocycles. The highest BCUT2D eigenvalue weighted by Crippen LogP contribution is 2.13. The van der Waals surface area contributed by atoms with Crippen LogP contribution in [0.4, 0.5) is 8.78 Å². The quantitative estimate of drug-likeness (QED) is 0.492. The van der Waals surface area contributed by atoms with Crippen molar-refractivity contribution in [3.8, 4) is 0 Å². The van der Waals surface area contributed by atoms with Crippen LogP contribution in [0.25, 0.3) is 0 Å². The molecule has 0 atom stereocenters. The Labute approximate surface area is 57.8 Å². The van der Waals surface area contributed by atoms with E-state index in [1.165, 1.54) is 12.3 Å². The SMILES string of the molecule is FC1=C(F)CN=CC=CC1. The normalized spacial score (nSPS) is 19.0. The van der Waals surface area contributed by atoms with Crippen molar-refractivity contribution in [2.24, 2.45) is 4.99 Å². The Hall–Kier alpha value is -0.990. The van der Waals surface area contributed by atoms with Crippen LogP contribution in [0.5, 0.6) is 0 Å². The molecule has 0 aromatic carbocycles. The summed E-state index contributed by atoms with van der Waals surface area (Å²) >= 11 is 0. The molecular weight excluding hydrogens is 136 g/mol. The van der Waals surface area contributed by atoms with E-state index in [4.69, 9.17) is 0 Å². The second kappa shape index (κ2) is 3.25. The van der Waals surface area contributed by atoms with Gasteiger partial charge in [0.1, 0.15) is 5.83 Å². The van der Waals surface area contributed by atoms with Crippen molar-refractivity contribution in [1.29, 1.82) is 0 Å². The fourth-order valence-corrected chi connectivity index (χ4v) is 0.623. The molecule has 0 aromatic rings. The average molecular weight is 143 g/mol. The standard InChI is InChI=1S/C7H7F2N/c8-6-3-1-2-4-10-5-7(6)9/h1-2,4H,3,5H2. The van der Waals surface area contributed by atoms with Crippen LogP contribution >= 0.6 is 0 Å². The summed E-state index contributed by atoms with van der Waals surface area (Å²) in [5.41, 5.74) is 0. The third-order valence-electron chi connectivity index (χ3n) is 1.15. The van der Waals surface area contributed by atoms with E-state index >= 15 is 0 Å². The molecule has 0 fully saturated rings. The van der Waals surface area contributed by atoms with Crippen molar-refractivity contribution in [3.63, 3.8) is 0 Å². The second-order valence-electron chi connectivity index (χ2n) is 1.93. The summed E-state index contributed by atoms with van der Waals surface area (Å²) in [6, 6.07) is 0. The molecule has 54 valence electrons. The van der Waals surface area contributed by atoms with Gasteiger partial charge in [-0.1, -0.05) is 6.08 Å². The Morgan fingerprint density at radius 1 is 1.30 bits per heavy atom. The summed E-state index contributed by atoms with van der Waals surface area (Å²) in [6.07, 6.45) is 4.63. The Kier molecular flexibility index (Phi) is 2.31. The van der Waals surface area contributed by atoms with E-state index in [1.54, 1.807) is 6.08 Å². The lowest BCUT2D eigenvalue weighted by Crippen LogP contribution is -1.88. The topological polar surface area (TPSA) is 12.4 Å². The highest BCUT2D eigenvalue weighted by Gasteiger charge is 2.03. The lowest BCUT2D eigenvalue weighted by Gasteiger charge is -1.96. The Morgan fingerprint density at radius 3 is 2.90 bits per heavy atom. The molecule has 1 aliphatic heterocycles. The molecule has 0 saturated heterocycles. The molecule has 0 unspecified atom stereocenters. The summed E-state index contributed by atoms with van der Waals surface area (Å²) in [7, 11) is 0. The first kappa shape index (κ1) is 7.12. The number of aliphatic imine (C=N–C) groups is 1. The molecule has 0 N–H and O–H groups in total. The minimum absolute atomic E-state index is 0.0395. The van der Waals surface area contributed by atoms with Gasteiger partial charge >= 0.3 is 0 Å². The summed E-state index contributed by atoms with van der Waals surface area (Å²) in [5, 5.41) is 0. The van der Waals surface area contributed by atoms with E-state index in [1.807, 2.05) is 0 Å². The van der Waals surface area contributed by atoms with Gasteiger partial charge in [0.15, 0.2) is 5.83 Å². The zero-order chi connectivity index (χ0) is 7.40. The van der Waals surface area contributed by atoms with Gasteiger partial charge in [0.2, 0.25) is 0 Å². The summed E-state index contributed by atoms with van der Waals surface area (Å²) in [5.74, 6) is -1.48. The van der Waals surface area contributed by atoms with Crippen LogP contribution in [0.1, 0.15) is 6.42 Å². The van der Waals surface area contributed by atoms with Crippen molar-refractivity contribution < 1.29 is 8.78 Å². The van der Waals surface area contributed by atoms with Gasteiger partial charge in [-0.15, -0.1) is 0 Å². The minimum Gasteiger partial charge on any atom is -0.286 e. The molecule has 0 amide bonds. The van der Waals surface area contributed by atoms with Gasteiger partial charge in [0, 0.05) is 12.6 Å². The van der Waals surface area contributed by atoms with Crippen molar-refractivity contribution >= 4 is 6.21 Å². The third-order valence-corrected chi connectivity index (χ3v) is 1.15. The van der Waals surface area contributed by atoms with Gasteiger partial charge in [-0.3, -0.25) is 4.99 Å². The summed E-state index contributed by atoms with van der Waals surface area (Å²) < 4.78 is 24.8. The van der Waals surface area contributed by atoms with E-state index in [0.29, 0.717) is 0 Å². The average Bonchev–Trinajstić information content (AvgIpc) is 1.92. The first-order valence-corrected chi connectivity index (χ1v) is 2.98. The maximum atomic E-state index is 12.4. The van der Waals surface area contributed by atoms with Gasteiger partial charge in [0.05, 0.1) is 6.54 Å². The van der Waals surface area contributed by atoms with Crippen LogP contribution in [0.3, 0.4) is 0 Å². The fourth-order valence-electron chi connectivity index (χ4n) is 0.623. The van der Waals surface area contributed by atoms with E-state index in [-0.39, 0.29) is 13.0 Å². The van der Waals surface area contributed by atoms with Crippen LogP contribution in [-0.4, -0.2) is 12.8 Å². The third kappa shape index (κ3) is 1.76. The number of hydrogen-bond acceptors (Lipinski definition) is 1. The van der Waals surface area contributed by atoms with Crippen molar-refractivity contribution in [3.05, 3.63) is 23.8 Å². The van der Waals surface area contributed by atoms with Gasteiger partial charge in [-0.25, -0.2) is 8.78 Å². The van der Waals surface area contributed by atoms with Crippen LogP contribution in [0, 0.1) is 0 Å². The highest BCUT2D eigenvalue weighted by atomic mass is 19.2. The lowest BCUT2D eigenvalue weighted by atomic mass is 10.3. The van der Waals surface area contributed by atoms with E-state index in [0.717, 1.165) is 0 Å². The maximum absolute atomic E-state index is 12.4. The predicted octanol–water partition coefficient (Wildman–Crippen LogP) is 2.17. The molecule has 1 aliphatic rings. The predicted molar refractivity (Wildman–Crippen MR) is 36.4 cm³/mol. The Morgan fingerprint density at radius 2 is 2.10 bits per heavy atom. The molecule has 0 bridgehead atoms. The lowest BCUT2D eigenvalue weighted by molar-refractivity contribution is 0.515. The van der Waals surface area contributed by atoms with Crippen LogP contribution in [0.2, 0.25) is 0 Å². The smallest absolute Gasteiger partial charge is 0.153 e. The van der Waals surface area contributed by atoms with E-state index in [9.17, 15) is 8.78 Å². The zero-order valence-corrected chi connectivity index (χ0v) is 5.35. The first-order valence-electron chi connectivity index (χ1n) is 2.98. The molecule has 0 aliphatic carbocycles. The summed E-state index contributed by atoms with van der Waals surface area (Å²) in [6.45, 7) is -0.170. The Bertz CT molecular complexity index is 182. The number of rotatable bonds is 0. The van der Waals surface area contributed by atoms with Crippen molar-refractivity contribution in [2.75, 3.05) is 6.54 Å². The fraction of sp³-hybridized carbons (Fsp3) is 0.286. The van der Waals surface area contributed by atoms with Gasteiger partial charge in [-0.2, -0.15) is 0 Å². The minimum atomic E-state index is -0.763. The van der Waals surface area contributed by atoms with Gasteiger partial charge in [-0.05, 0) is 6.08 Å². The van der Waals surface area contributed by atoms with E-state index < -0.39 is 11.7 Å². The number of halogens is 2. The molecule has 0 saturated carbocycles. The molecule has 1 nitrogen and oxygen atoms in total. The van der Waals surface area contributed by atoms with Crippen LogP contribution < -0.4 is 0 Å². The van der Waals surface area contributed by atoms with Crippen LogP contribution in [-0.2, 0) is 0 Å². The molecule has 1 heterocycles. The molecule has 10 heavy (non-hydrogen) atoms. The van der Waals surface area contributed by atoms with Crippen molar-refractivity contribution in [2.45, 2.75) is 6.42 Å². The van der Waals surface area contributed by atoms with Gasteiger partial charge in [0.25, 0.3) is 0 Å². The largest absolute Gasteiger partial charge is 0.286 e. The maximum Gasteiger partial charge on any atom is 0.153 e. The zero-order valence-electron chi connectivity index (χ0n) is 5.35. The van der Waals surface area contributed by atoms with Crippen LogP contribution in [0.15, 0.2) is 28.8 Å². The molecule has 0 radical (unpaired) electrons. The van der Waals surface area contributed by atoms with E-state index in [2.05, 4.69) is 4.99 Å². The van der Waals surface area contributed by atoms with Gasteiger partial charge < -0.3 is 0 Å². The monoisotopic (exact) mass is 143 g/mol. The highest BCUT2D eigenvalue weighted by molar-refractivity contribution is 5.71. The number of nitrogens with zero attached hydrogens (tertiary/aromatic N) is 1.